The Balaban J connectivity index is 3.64. The molecule has 0 bridgehead atoms. The van der Waals surface area contributed by atoms with Crippen molar-refractivity contribution in [2.75, 3.05) is 0 Å². The minimum absolute atomic E-state index is 0.918. The fourth-order valence-corrected chi connectivity index (χ4v) is 2.22. The normalized spacial score (nSPS) is 18.2. The molecule has 0 saturated carbocycles. The van der Waals surface area contributed by atoms with Crippen molar-refractivity contribution >= 4 is 0 Å². The highest BCUT2D eigenvalue weighted by Crippen LogP contribution is 2.25. The Labute approximate surface area is 85.1 Å². The quantitative estimate of drug-likeness (QED) is 0.528. The minimum Gasteiger partial charge on any atom is -0.0654 e. The van der Waals surface area contributed by atoms with Crippen LogP contribution in [-0.4, -0.2) is 0 Å². The average molecular weight is 184 g/mol. The topological polar surface area (TPSA) is 0 Å². The zero-order valence-corrected chi connectivity index (χ0v) is 10.3. The van der Waals surface area contributed by atoms with Gasteiger partial charge in [0.1, 0.15) is 0 Å². The van der Waals surface area contributed by atoms with Gasteiger partial charge in [0.15, 0.2) is 0 Å². The molecule has 13 heavy (non-hydrogen) atoms. The van der Waals surface area contributed by atoms with Gasteiger partial charge in [-0.05, 0) is 24.2 Å². The molecule has 0 aliphatic heterocycles. The van der Waals surface area contributed by atoms with E-state index in [1.807, 2.05) is 0 Å². The minimum atomic E-state index is 0.918. The SMILES string of the molecule is CCC[C@H](C)C[C@@H](C)[C@H](C)CCC. The Bertz CT molecular complexity index is 107. The summed E-state index contributed by atoms with van der Waals surface area (Å²) >= 11 is 0. The highest BCUT2D eigenvalue weighted by Gasteiger charge is 2.14. The van der Waals surface area contributed by atoms with E-state index in [4.69, 9.17) is 0 Å². The van der Waals surface area contributed by atoms with E-state index in [-0.39, 0.29) is 0 Å². The third kappa shape index (κ3) is 6.12. The van der Waals surface area contributed by atoms with Crippen LogP contribution in [-0.2, 0) is 0 Å². The molecule has 0 aromatic rings. The van der Waals surface area contributed by atoms with Gasteiger partial charge < -0.3 is 0 Å². The second-order valence-electron chi connectivity index (χ2n) is 4.87. The first kappa shape index (κ1) is 13.0. The van der Waals surface area contributed by atoms with Crippen molar-refractivity contribution < 1.29 is 0 Å². The van der Waals surface area contributed by atoms with Gasteiger partial charge in [-0.25, -0.2) is 0 Å². The first-order chi connectivity index (χ1) is 6.11. The van der Waals surface area contributed by atoms with E-state index >= 15 is 0 Å². The number of hydrogen-bond donors (Lipinski definition) is 0. The second-order valence-corrected chi connectivity index (χ2v) is 4.87. The first-order valence-electron chi connectivity index (χ1n) is 6.11. The Morgan fingerprint density at radius 2 is 1.31 bits per heavy atom. The third-order valence-corrected chi connectivity index (χ3v) is 3.27. The van der Waals surface area contributed by atoms with E-state index in [0.29, 0.717) is 0 Å². The lowest BCUT2D eigenvalue weighted by Crippen LogP contribution is -2.11. The molecule has 0 radical (unpaired) electrons. The van der Waals surface area contributed by atoms with E-state index in [2.05, 4.69) is 34.6 Å². The molecule has 0 heterocycles. The standard InChI is InChI=1S/C13H28/c1-6-8-11(3)10-13(5)12(4)9-7-2/h11-13H,6-10H2,1-5H3/t11-,12+,13+/m0/s1. The van der Waals surface area contributed by atoms with Crippen LogP contribution in [0.15, 0.2) is 0 Å². The molecule has 0 N–H and O–H groups in total. The second kappa shape index (κ2) is 7.41. The molecule has 80 valence electrons. The molecule has 0 aliphatic rings. The average Bonchev–Trinajstić information content (AvgIpc) is 2.05. The van der Waals surface area contributed by atoms with Crippen LogP contribution in [0, 0.1) is 17.8 Å². The smallest absolute Gasteiger partial charge is 0.0414 e. The summed E-state index contributed by atoms with van der Waals surface area (Å²) in [6.45, 7) is 11.8. The van der Waals surface area contributed by atoms with E-state index in [9.17, 15) is 0 Å². The Kier molecular flexibility index (Phi) is 7.41. The maximum Gasteiger partial charge on any atom is -0.0414 e. The van der Waals surface area contributed by atoms with Crippen molar-refractivity contribution in [2.45, 2.75) is 66.7 Å². The van der Waals surface area contributed by atoms with Crippen molar-refractivity contribution in [2.24, 2.45) is 17.8 Å². The van der Waals surface area contributed by atoms with E-state index in [1.165, 1.54) is 32.1 Å². The monoisotopic (exact) mass is 184 g/mol. The Hall–Kier alpha value is 0. The van der Waals surface area contributed by atoms with E-state index in [1.54, 1.807) is 0 Å². The molecule has 3 atom stereocenters. The summed E-state index contributed by atoms with van der Waals surface area (Å²) < 4.78 is 0. The van der Waals surface area contributed by atoms with Crippen LogP contribution in [0.1, 0.15) is 66.7 Å². The van der Waals surface area contributed by atoms with Gasteiger partial charge in [0.25, 0.3) is 0 Å². The lowest BCUT2D eigenvalue weighted by molar-refractivity contribution is 0.289. The molecule has 0 fully saturated rings. The molecule has 0 nitrogen and oxygen atoms in total. The summed E-state index contributed by atoms with van der Waals surface area (Å²) in [7, 11) is 0. The highest BCUT2D eigenvalue weighted by atomic mass is 14.2. The van der Waals surface area contributed by atoms with Gasteiger partial charge in [-0.3, -0.25) is 0 Å². The molecule has 0 amide bonds. The zero-order valence-electron chi connectivity index (χ0n) is 10.3. The van der Waals surface area contributed by atoms with Crippen LogP contribution in [0.25, 0.3) is 0 Å². The Morgan fingerprint density at radius 3 is 1.77 bits per heavy atom. The summed E-state index contributed by atoms with van der Waals surface area (Å²) in [6, 6.07) is 0. The summed E-state index contributed by atoms with van der Waals surface area (Å²) in [5.41, 5.74) is 0. The van der Waals surface area contributed by atoms with Crippen molar-refractivity contribution in [3.63, 3.8) is 0 Å². The van der Waals surface area contributed by atoms with Gasteiger partial charge in [-0.15, -0.1) is 0 Å². The predicted octanol–water partition coefficient (Wildman–Crippen LogP) is 4.89. The van der Waals surface area contributed by atoms with E-state index in [0.717, 1.165) is 17.8 Å². The molecule has 0 spiro atoms. The maximum absolute atomic E-state index is 2.42. The largest absolute Gasteiger partial charge is 0.0654 e. The van der Waals surface area contributed by atoms with Gasteiger partial charge in [0.2, 0.25) is 0 Å². The van der Waals surface area contributed by atoms with Gasteiger partial charge in [-0.1, -0.05) is 60.3 Å². The lowest BCUT2D eigenvalue weighted by Gasteiger charge is -2.22. The summed E-state index contributed by atoms with van der Waals surface area (Å²) in [4.78, 5) is 0. The summed E-state index contributed by atoms with van der Waals surface area (Å²) in [5, 5.41) is 0. The molecule has 0 rings (SSSR count). The number of hydrogen-bond acceptors (Lipinski definition) is 0. The molecular formula is C13H28. The van der Waals surface area contributed by atoms with Gasteiger partial charge in [0.05, 0.1) is 0 Å². The molecule has 0 saturated heterocycles. The molecule has 0 aromatic heterocycles. The van der Waals surface area contributed by atoms with Crippen molar-refractivity contribution in [1.82, 2.24) is 0 Å². The third-order valence-electron chi connectivity index (χ3n) is 3.27. The van der Waals surface area contributed by atoms with Crippen LogP contribution < -0.4 is 0 Å². The van der Waals surface area contributed by atoms with Crippen molar-refractivity contribution in [1.29, 1.82) is 0 Å². The van der Waals surface area contributed by atoms with Crippen LogP contribution in [0.4, 0.5) is 0 Å². The predicted molar refractivity (Wildman–Crippen MR) is 61.9 cm³/mol. The number of rotatable bonds is 7. The first-order valence-corrected chi connectivity index (χ1v) is 6.11. The van der Waals surface area contributed by atoms with Crippen LogP contribution >= 0.6 is 0 Å². The van der Waals surface area contributed by atoms with Crippen LogP contribution in [0.3, 0.4) is 0 Å². The molecule has 0 aliphatic carbocycles. The van der Waals surface area contributed by atoms with Gasteiger partial charge in [0, 0.05) is 0 Å². The molecular weight excluding hydrogens is 156 g/mol. The van der Waals surface area contributed by atoms with Crippen LogP contribution in [0.2, 0.25) is 0 Å². The molecule has 0 aromatic carbocycles. The molecule has 0 unspecified atom stereocenters. The zero-order chi connectivity index (χ0) is 10.3. The summed E-state index contributed by atoms with van der Waals surface area (Å²) in [6.07, 6.45) is 6.92. The molecule has 0 heteroatoms. The fourth-order valence-electron chi connectivity index (χ4n) is 2.22. The lowest BCUT2D eigenvalue weighted by atomic mass is 9.84. The van der Waals surface area contributed by atoms with Gasteiger partial charge in [-0.2, -0.15) is 0 Å². The van der Waals surface area contributed by atoms with Crippen LogP contribution in [0.5, 0.6) is 0 Å². The van der Waals surface area contributed by atoms with Crippen molar-refractivity contribution in [3.8, 4) is 0 Å². The fraction of sp³-hybridized carbons (Fsp3) is 1.00. The maximum atomic E-state index is 2.42. The van der Waals surface area contributed by atoms with E-state index < -0.39 is 0 Å². The Morgan fingerprint density at radius 1 is 0.769 bits per heavy atom. The van der Waals surface area contributed by atoms with Gasteiger partial charge >= 0.3 is 0 Å². The summed E-state index contributed by atoms with van der Waals surface area (Å²) in [5.74, 6) is 2.77. The highest BCUT2D eigenvalue weighted by molar-refractivity contribution is 4.65. The van der Waals surface area contributed by atoms with Crippen molar-refractivity contribution in [3.05, 3.63) is 0 Å².